The van der Waals surface area contributed by atoms with Crippen molar-refractivity contribution in [1.82, 2.24) is 10.9 Å². The molecule has 7 heteroatoms. The van der Waals surface area contributed by atoms with Crippen molar-refractivity contribution in [3.05, 3.63) is 63.6 Å². The van der Waals surface area contributed by atoms with Gasteiger partial charge in [0, 0.05) is 21.5 Å². The lowest BCUT2D eigenvalue weighted by Gasteiger charge is -2.08. The van der Waals surface area contributed by atoms with Crippen LogP contribution in [0, 0.1) is 0 Å². The quantitative estimate of drug-likeness (QED) is 0.574. The highest BCUT2D eigenvalue weighted by atomic mass is 79.9. The molecule has 2 aromatic carbocycles. The van der Waals surface area contributed by atoms with Crippen LogP contribution < -0.4 is 10.9 Å². The molecule has 120 valence electrons. The number of benzene rings is 2. The van der Waals surface area contributed by atoms with Crippen molar-refractivity contribution >= 4 is 51.1 Å². The zero-order valence-corrected chi connectivity index (χ0v) is 15.2. The molecule has 0 fully saturated rings. The molecule has 0 atom stereocenters. The maximum atomic E-state index is 11.9. The van der Waals surface area contributed by atoms with Gasteiger partial charge in [0.2, 0.25) is 5.91 Å². The smallest absolute Gasteiger partial charge is 0.271 e. The fourth-order valence-electron chi connectivity index (χ4n) is 1.72. The first kappa shape index (κ1) is 17.8. The van der Waals surface area contributed by atoms with Crippen LogP contribution in [0.25, 0.3) is 0 Å². The molecule has 0 saturated heterocycles. The highest BCUT2D eigenvalue weighted by molar-refractivity contribution is 9.10. The van der Waals surface area contributed by atoms with Crippen LogP contribution in [0.5, 0.6) is 0 Å². The van der Waals surface area contributed by atoms with Crippen LogP contribution in [-0.2, 0) is 4.79 Å². The van der Waals surface area contributed by atoms with Gasteiger partial charge in [-0.1, -0.05) is 35.9 Å². The van der Waals surface area contributed by atoms with Gasteiger partial charge in [0.1, 0.15) is 0 Å². The monoisotopic (exact) mass is 412 g/mol. The Balaban J connectivity index is 1.74. The van der Waals surface area contributed by atoms with E-state index in [4.69, 9.17) is 11.6 Å². The Bertz CT molecular complexity index is 712. The third-order valence-corrected chi connectivity index (χ3v) is 5.22. The molecule has 0 aliphatic heterocycles. The molecular weight excluding hydrogens is 400 g/mol. The third-order valence-electron chi connectivity index (χ3n) is 2.86. The summed E-state index contributed by atoms with van der Waals surface area (Å²) in [5.74, 6) is -0.0940. The van der Waals surface area contributed by atoms with Crippen molar-refractivity contribution in [3.63, 3.8) is 0 Å². The van der Waals surface area contributed by atoms with E-state index < -0.39 is 5.91 Å². The van der Waals surface area contributed by atoms with Crippen molar-refractivity contribution < 1.29 is 9.59 Å². The second-order valence-corrected chi connectivity index (χ2v) is 6.91. The standard InChI is InChI=1S/C16H14BrClN2O2S/c17-12-6-2-4-8-14(12)23-10-9-15(21)19-20-16(22)11-5-1-3-7-13(11)18/h1-8H,9-10H2,(H,19,21)(H,20,22). The van der Waals surface area contributed by atoms with E-state index in [0.717, 1.165) is 9.37 Å². The van der Waals surface area contributed by atoms with E-state index >= 15 is 0 Å². The Labute approximate surface area is 152 Å². The van der Waals surface area contributed by atoms with Gasteiger partial charge in [0.25, 0.3) is 5.91 Å². The van der Waals surface area contributed by atoms with Gasteiger partial charge in [0.05, 0.1) is 10.6 Å². The molecule has 0 spiro atoms. The van der Waals surface area contributed by atoms with Crippen LogP contribution in [0.1, 0.15) is 16.8 Å². The first-order chi connectivity index (χ1) is 11.1. The Hall–Kier alpha value is -1.50. The lowest BCUT2D eigenvalue weighted by Crippen LogP contribution is -2.41. The summed E-state index contributed by atoms with van der Waals surface area (Å²) < 4.78 is 0.998. The topological polar surface area (TPSA) is 58.2 Å². The highest BCUT2D eigenvalue weighted by Gasteiger charge is 2.10. The Morgan fingerprint density at radius 1 is 1.04 bits per heavy atom. The number of amides is 2. The largest absolute Gasteiger partial charge is 0.273 e. The summed E-state index contributed by atoms with van der Waals surface area (Å²) in [5.41, 5.74) is 5.06. The molecule has 4 nitrogen and oxygen atoms in total. The predicted molar refractivity (Wildman–Crippen MR) is 96.5 cm³/mol. The SMILES string of the molecule is O=C(CCSc1ccccc1Br)NNC(=O)c1ccccc1Cl. The highest BCUT2D eigenvalue weighted by Crippen LogP contribution is 2.27. The van der Waals surface area contributed by atoms with E-state index in [1.54, 1.807) is 36.0 Å². The lowest BCUT2D eigenvalue weighted by atomic mass is 10.2. The van der Waals surface area contributed by atoms with E-state index in [9.17, 15) is 9.59 Å². The number of carbonyl (C=O) groups is 2. The minimum absolute atomic E-state index is 0.259. The average Bonchev–Trinajstić information content (AvgIpc) is 2.55. The van der Waals surface area contributed by atoms with Crippen LogP contribution in [0.3, 0.4) is 0 Å². The van der Waals surface area contributed by atoms with Gasteiger partial charge >= 0.3 is 0 Å². The minimum Gasteiger partial charge on any atom is -0.273 e. The summed E-state index contributed by atoms with van der Waals surface area (Å²) in [5, 5.41) is 0.337. The van der Waals surface area contributed by atoms with Gasteiger partial charge < -0.3 is 0 Å². The normalized spacial score (nSPS) is 10.2. The molecule has 0 aliphatic carbocycles. The molecular formula is C16H14BrClN2O2S. The van der Waals surface area contributed by atoms with E-state index in [2.05, 4.69) is 26.8 Å². The number of hydrogen-bond donors (Lipinski definition) is 2. The second-order valence-electron chi connectivity index (χ2n) is 4.51. The third kappa shape index (κ3) is 5.57. The molecule has 0 unspecified atom stereocenters. The summed E-state index contributed by atoms with van der Waals surface area (Å²) in [6.07, 6.45) is 0.287. The van der Waals surface area contributed by atoms with Gasteiger partial charge in [-0.25, -0.2) is 0 Å². The maximum absolute atomic E-state index is 11.9. The zero-order chi connectivity index (χ0) is 16.7. The summed E-state index contributed by atoms with van der Waals surface area (Å²) in [7, 11) is 0. The van der Waals surface area contributed by atoms with Crippen molar-refractivity contribution in [2.75, 3.05) is 5.75 Å². The predicted octanol–water partition coefficient (Wildman–Crippen LogP) is 4.05. The molecule has 2 aromatic rings. The van der Waals surface area contributed by atoms with Gasteiger partial charge in [-0.05, 0) is 40.2 Å². The van der Waals surface area contributed by atoms with Gasteiger partial charge in [-0.15, -0.1) is 11.8 Å². The van der Waals surface area contributed by atoms with Crippen LogP contribution >= 0.6 is 39.3 Å². The van der Waals surface area contributed by atoms with Crippen molar-refractivity contribution in [1.29, 1.82) is 0 Å². The van der Waals surface area contributed by atoms with Crippen molar-refractivity contribution in [2.24, 2.45) is 0 Å². The molecule has 0 bridgehead atoms. The molecule has 0 aromatic heterocycles. The molecule has 2 rings (SSSR count). The molecule has 0 heterocycles. The Morgan fingerprint density at radius 2 is 1.74 bits per heavy atom. The minimum atomic E-state index is -0.442. The molecule has 2 amide bonds. The summed E-state index contributed by atoms with van der Waals surface area (Å²) >= 11 is 10.9. The maximum Gasteiger partial charge on any atom is 0.271 e. The van der Waals surface area contributed by atoms with E-state index in [0.29, 0.717) is 16.3 Å². The Kier molecular flexibility index (Phi) is 6.95. The molecule has 23 heavy (non-hydrogen) atoms. The number of carbonyl (C=O) groups excluding carboxylic acids is 2. The lowest BCUT2D eigenvalue weighted by molar-refractivity contribution is -0.121. The van der Waals surface area contributed by atoms with Gasteiger partial charge in [0.15, 0.2) is 0 Å². The number of hydrazine groups is 1. The summed E-state index contributed by atoms with van der Waals surface area (Å²) in [6.45, 7) is 0. The van der Waals surface area contributed by atoms with Crippen LogP contribution in [-0.4, -0.2) is 17.6 Å². The zero-order valence-electron chi connectivity index (χ0n) is 12.0. The fraction of sp³-hybridized carbons (Fsp3) is 0.125. The first-order valence-corrected chi connectivity index (χ1v) is 8.94. The number of thioether (sulfide) groups is 1. The van der Waals surface area contributed by atoms with Gasteiger partial charge in [-0.3, -0.25) is 20.4 Å². The van der Waals surface area contributed by atoms with E-state index in [1.165, 1.54) is 0 Å². The molecule has 0 radical (unpaired) electrons. The molecule has 0 saturated carbocycles. The van der Waals surface area contributed by atoms with E-state index in [1.807, 2.05) is 24.3 Å². The van der Waals surface area contributed by atoms with E-state index in [-0.39, 0.29) is 12.3 Å². The average molecular weight is 414 g/mol. The van der Waals surface area contributed by atoms with Crippen molar-refractivity contribution in [2.45, 2.75) is 11.3 Å². The summed E-state index contributed by atoms with van der Waals surface area (Å²) in [6, 6.07) is 14.5. The summed E-state index contributed by atoms with van der Waals surface area (Å²) in [4.78, 5) is 24.7. The first-order valence-electron chi connectivity index (χ1n) is 6.79. The van der Waals surface area contributed by atoms with Crippen molar-refractivity contribution in [3.8, 4) is 0 Å². The number of hydrogen-bond acceptors (Lipinski definition) is 3. The fourth-order valence-corrected chi connectivity index (χ4v) is 3.45. The van der Waals surface area contributed by atoms with Crippen LogP contribution in [0.4, 0.5) is 0 Å². The Morgan fingerprint density at radius 3 is 2.48 bits per heavy atom. The number of rotatable bonds is 5. The number of nitrogens with one attached hydrogen (secondary N) is 2. The van der Waals surface area contributed by atoms with Crippen LogP contribution in [0.15, 0.2) is 57.9 Å². The second kappa shape index (κ2) is 8.96. The van der Waals surface area contributed by atoms with Gasteiger partial charge in [-0.2, -0.15) is 0 Å². The number of halogens is 2. The molecule has 0 aliphatic rings. The molecule has 2 N–H and O–H groups in total. The van der Waals surface area contributed by atoms with Crippen LogP contribution in [0.2, 0.25) is 5.02 Å².